The highest BCUT2D eigenvalue weighted by Crippen LogP contribution is 2.13. The molecule has 0 aromatic rings. The molecule has 0 aliphatic carbocycles. The minimum Gasteiger partial charge on any atom is -0.286 e. The molecule has 0 saturated heterocycles. The normalized spacial score (nSPS) is 14.4. The molecule has 0 aromatic heterocycles. The summed E-state index contributed by atoms with van der Waals surface area (Å²) in [7, 11) is -8.56. The minimum absolute atomic E-state index is 0.0465. The lowest BCUT2D eigenvalue weighted by atomic mass is 10.1. The summed E-state index contributed by atoms with van der Waals surface area (Å²) in [6, 6.07) is 0. The van der Waals surface area contributed by atoms with Gasteiger partial charge in [-0.3, -0.25) is 9.11 Å². The van der Waals surface area contributed by atoms with Crippen LogP contribution in [-0.2, 0) is 20.2 Å². The second-order valence-electron chi connectivity index (χ2n) is 5.83. The molecule has 8 heteroatoms. The van der Waals surface area contributed by atoms with Gasteiger partial charge in [-0.05, 0) is 25.7 Å². The van der Waals surface area contributed by atoms with Gasteiger partial charge < -0.3 is 0 Å². The van der Waals surface area contributed by atoms with Gasteiger partial charge in [-0.25, -0.2) is 0 Å². The fraction of sp³-hybridized carbons (Fsp3) is 0.867. The second-order valence-corrected chi connectivity index (χ2v) is 9.10. The lowest BCUT2D eigenvalue weighted by molar-refractivity contribution is 0.460. The van der Waals surface area contributed by atoms with Gasteiger partial charge in [0.1, 0.15) is 0 Å². The molecular formula is C15H30O6S2. The molecule has 138 valence electrons. The van der Waals surface area contributed by atoms with Crippen LogP contribution >= 0.6 is 0 Å². The van der Waals surface area contributed by atoms with E-state index in [9.17, 15) is 16.8 Å². The number of allylic oxidation sites excluding steroid dienone is 2. The van der Waals surface area contributed by atoms with Crippen molar-refractivity contribution in [3.8, 4) is 0 Å². The van der Waals surface area contributed by atoms with E-state index in [2.05, 4.69) is 6.92 Å². The molecule has 0 saturated carbocycles. The van der Waals surface area contributed by atoms with Crippen LogP contribution in [0.3, 0.4) is 0 Å². The molecule has 2 N–H and O–H groups in total. The van der Waals surface area contributed by atoms with E-state index in [1.807, 2.05) is 6.08 Å². The second kappa shape index (κ2) is 12.0. The lowest BCUT2D eigenvalue weighted by Gasteiger charge is -2.10. The molecule has 0 rings (SSSR count). The van der Waals surface area contributed by atoms with Crippen LogP contribution in [-0.4, -0.2) is 36.9 Å². The third-order valence-electron chi connectivity index (χ3n) is 3.66. The first kappa shape index (κ1) is 22.6. The average Bonchev–Trinajstić information content (AvgIpc) is 2.41. The summed E-state index contributed by atoms with van der Waals surface area (Å²) in [6.07, 6.45) is 12.5. The quantitative estimate of drug-likeness (QED) is 0.275. The first-order valence-corrected chi connectivity index (χ1v) is 11.3. The maximum absolute atomic E-state index is 11.2. The van der Waals surface area contributed by atoms with Gasteiger partial charge in [0.25, 0.3) is 20.2 Å². The van der Waals surface area contributed by atoms with Crippen molar-refractivity contribution in [2.45, 2.75) is 76.4 Å². The van der Waals surface area contributed by atoms with Crippen LogP contribution in [0.25, 0.3) is 0 Å². The van der Waals surface area contributed by atoms with Crippen LogP contribution in [0, 0.1) is 0 Å². The number of unbranched alkanes of at least 4 members (excludes halogenated alkanes) is 7. The first-order valence-electron chi connectivity index (χ1n) is 8.23. The topological polar surface area (TPSA) is 109 Å². The van der Waals surface area contributed by atoms with E-state index in [0.29, 0.717) is 0 Å². The summed E-state index contributed by atoms with van der Waals surface area (Å²) in [6.45, 7) is 2.18. The molecule has 0 amide bonds. The summed E-state index contributed by atoms with van der Waals surface area (Å²) >= 11 is 0. The Bertz CT molecular complexity index is 522. The zero-order valence-electron chi connectivity index (χ0n) is 13.9. The van der Waals surface area contributed by atoms with E-state index in [4.69, 9.17) is 9.11 Å². The van der Waals surface area contributed by atoms with Gasteiger partial charge in [0, 0.05) is 0 Å². The Hall–Kier alpha value is -0.440. The SMILES string of the molecule is CCCCCCCCCC=CCC(CCS(=O)(=O)O)S(=O)(=O)O. The molecule has 23 heavy (non-hydrogen) atoms. The van der Waals surface area contributed by atoms with Crippen LogP contribution in [0.1, 0.15) is 71.1 Å². The largest absolute Gasteiger partial charge is 0.286 e. The molecule has 1 unspecified atom stereocenters. The molecule has 0 radical (unpaired) electrons. The van der Waals surface area contributed by atoms with Crippen LogP contribution in [0.2, 0.25) is 0 Å². The van der Waals surface area contributed by atoms with E-state index >= 15 is 0 Å². The van der Waals surface area contributed by atoms with E-state index in [1.54, 1.807) is 6.08 Å². The highest BCUT2D eigenvalue weighted by atomic mass is 32.2. The molecule has 6 nitrogen and oxygen atoms in total. The molecule has 1 atom stereocenters. The number of rotatable bonds is 14. The van der Waals surface area contributed by atoms with Gasteiger partial charge in [0.15, 0.2) is 0 Å². The molecule has 0 aromatic carbocycles. The van der Waals surface area contributed by atoms with Gasteiger partial charge in [0.05, 0.1) is 11.0 Å². The van der Waals surface area contributed by atoms with Crippen molar-refractivity contribution in [3.63, 3.8) is 0 Å². The molecular weight excluding hydrogens is 340 g/mol. The summed E-state index contributed by atoms with van der Waals surface area (Å²) in [5.41, 5.74) is 0. The van der Waals surface area contributed by atoms with Crippen LogP contribution in [0.15, 0.2) is 12.2 Å². The Labute approximate surface area is 140 Å². The standard InChI is InChI=1S/C15H30O6S2/c1-2-3-4-5-6-7-8-9-10-11-12-15(23(19,20)21)13-14-22(16,17)18/h10-11,15H,2-9,12-14H2,1H3,(H,16,17,18)(H,19,20,21). The molecule has 0 aliphatic rings. The maximum atomic E-state index is 11.2. The average molecular weight is 371 g/mol. The van der Waals surface area contributed by atoms with Crippen LogP contribution < -0.4 is 0 Å². The van der Waals surface area contributed by atoms with Crippen molar-refractivity contribution < 1.29 is 25.9 Å². The van der Waals surface area contributed by atoms with Crippen LogP contribution in [0.5, 0.6) is 0 Å². The highest BCUT2D eigenvalue weighted by molar-refractivity contribution is 7.87. The van der Waals surface area contributed by atoms with Crippen molar-refractivity contribution in [1.29, 1.82) is 0 Å². The fourth-order valence-electron chi connectivity index (χ4n) is 2.25. The van der Waals surface area contributed by atoms with E-state index in [1.165, 1.54) is 32.1 Å². The molecule has 0 heterocycles. The van der Waals surface area contributed by atoms with Gasteiger partial charge >= 0.3 is 0 Å². The third kappa shape index (κ3) is 14.9. The molecule has 0 spiro atoms. The van der Waals surface area contributed by atoms with Gasteiger partial charge in [-0.2, -0.15) is 16.8 Å². The maximum Gasteiger partial charge on any atom is 0.268 e. The van der Waals surface area contributed by atoms with Gasteiger partial charge in [-0.1, -0.05) is 57.6 Å². The Kier molecular flexibility index (Phi) is 11.8. The van der Waals surface area contributed by atoms with Gasteiger partial charge in [-0.15, -0.1) is 0 Å². The third-order valence-corrected chi connectivity index (χ3v) is 5.68. The fourth-order valence-corrected chi connectivity index (χ4v) is 3.76. The monoisotopic (exact) mass is 370 g/mol. The minimum atomic E-state index is -4.32. The predicted molar refractivity (Wildman–Crippen MR) is 92.7 cm³/mol. The summed E-state index contributed by atoms with van der Waals surface area (Å²) in [5.74, 6) is -0.678. The summed E-state index contributed by atoms with van der Waals surface area (Å²) in [4.78, 5) is 0. The molecule has 0 fully saturated rings. The number of hydrogen-bond acceptors (Lipinski definition) is 4. The van der Waals surface area contributed by atoms with Crippen molar-refractivity contribution >= 4 is 20.2 Å². The van der Waals surface area contributed by atoms with E-state index < -0.39 is 31.2 Å². The predicted octanol–water partition coefficient (Wildman–Crippen LogP) is 3.61. The van der Waals surface area contributed by atoms with Gasteiger partial charge in [0.2, 0.25) is 0 Å². The van der Waals surface area contributed by atoms with E-state index in [-0.39, 0.29) is 12.8 Å². The Morgan fingerprint density at radius 3 is 1.96 bits per heavy atom. The zero-order chi connectivity index (χ0) is 17.8. The number of hydrogen-bond donors (Lipinski definition) is 2. The Morgan fingerprint density at radius 1 is 0.870 bits per heavy atom. The first-order chi connectivity index (χ1) is 10.7. The molecule has 0 bridgehead atoms. The van der Waals surface area contributed by atoms with Crippen molar-refractivity contribution in [3.05, 3.63) is 12.2 Å². The van der Waals surface area contributed by atoms with Crippen molar-refractivity contribution in [1.82, 2.24) is 0 Å². The summed E-state index contributed by atoms with van der Waals surface area (Å²) < 4.78 is 61.4. The lowest BCUT2D eigenvalue weighted by Crippen LogP contribution is -2.23. The van der Waals surface area contributed by atoms with Crippen molar-refractivity contribution in [2.24, 2.45) is 0 Å². The Balaban J connectivity index is 3.98. The zero-order valence-corrected chi connectivity index (χ0v) is 15.5. The van der Waals surface area contributed by atoms with E-state index in [0.717, 1.165) is 19.3 Å². The summed E-state index contributed by atoms with van der Waals surface area (Å²) in [5, 5.41) is -1.20. The molecule has 0 aliphatic heterocycles. The smallest absolute Gasteiger partial charge is 0.268 e. The van der Waals surface area contributed by atoms with Crippen LogP contribution in [0.4, 0.5) is 0 Å². The van der Waals surface area contributed by atoms with Crippen molar-refractivity contribution in [2.75, 3.05) is 5.75 Å². The Morgan fingerprint density at radius 2 is 1.43 bits per heavy atom. The highest BCUT2D eigenvalue weighted by Gasteiger charge is 2.23.